The van der Waals surface area contributed by atoms with Crippen molar-refractivity contribution in [3.63, 3.8) is 0 Å². The highest BCUT2D eigenvalue weighted by molar-refractivity contribution is 7.99. The maximum Gasteiger partial charge on any atom is 0.240 e. The van der Waals surface area contributed by atoms with Crippen molar-refractivity contribution in [2.45, 2.75) is 67.6 Å². The average molecular weight is 570 g/mol. The van der Waals surface area contributed by atoms with Gasteiger partial charge in [-0.25, -0.2) is 14.4 Å². The molecular formula is C30H37ClFN5OS. The summed E-state index contributed by atoms with van der Waals surface area (Å²) in [7, 11) is 0. The lowest BCUT2D eigenvalue weighted by molar-refractivity contribution is -0.140. The highest BCUT2D eigenvalue weighted by Crippen LogP contribution is 2.55. The van der Waals surface area contributed by atoms with Crippen molar-refractivity contribution < 1.29 is 9.18 Å². The number of likely N-dealkylation sites (tertiary alicyclic amines) is 1. The first-order valence-electron chi connectivity index (χ1n) is 14.6. The third-order valence-electron chi connectivity index (χ3n) is 10.1. The number of aromatic nitrogens is 2. The molecule has 39 heavy (non-hydrogen) atoms. The molecule has 4 saturated carbocycles. The SMILES string of the molecule is O=C([C@@H]1C[C@@H](Sc2ncccn2)CN1Cc1c(F)cccc1Cl)N1CCN(C2C3CC4CC(C3)CC2C4)CC1. The molecule has 6 fully saturated rings. The van der Waals surface area contributed by atoms with Gasteiger partial charge in [-0.15, -0.1) is 0 Å². The van der Waals surface area contributed by atoms with Gasteiger partial charge in [0.15, 0.2) is 5.16 Å². The van der Waals surface area contributed by atoms with Crippen molar-refractivity contribution >= 4 is 29.3 Å². The van der Waals surface area contributed by atoms with E-state index in [1.807, 2.05) is 0 Å². The molecule has 208 valence electrons. The van der Waals surface area contributed by atoms with Crippen LogP contribution in [0.3, 0.4) is 0 Å². The number of carbonyl (C=O) groups is 1. The Morgan fingerprint density at radius 1 is 0.949 bits per heavy atom. The van der Waals surface area contributed by atoms with Crippen molar-refractivity contribution in [1.82, 2.24) is 24.7 Å². The van der Waals surface area contributed by atoms with Crippen LogP contribution in [0.5, 0.6) is 0 Å². The van der Waals surface area contributed by atoms with Gasteiger partial charge in [-0.2, -0.15) is 0 Å². The third-order valence-corrected chi connectivity index (χ3v) is 11.6. The van der Waals surface area contributed by atoms with Gasteiger partial charge in [-0.3, -0.25) is 14.6 Å². The van der Waals surface area contributed by atoms with Gasteiger partial charge in [0.05, 0.1) is 6.04 Å². The third kappa shape index (κ3) is 5.22. The van der Waals surface area contributed by atoms with E-state index in [0.29, 0.717) is 35.3 Å². The van der Waals surface area contributed by atoms with Gasteiger partial charge in [0, 0.05) is 73.5 Å². The molecule has 8 rings (SSSR count). The van der Waals surface area contributed by atoms with Crippen LogP contribution in [0.1, 0.15) is 44.1 Å². The Bertz CT molecular complexity index is 1150. The normalized spacial score (nSPS) is 34.6. The van der Waals surface area contributed by atoms with Gasteiger partial charge in [0.2, 0.25) is 5.91 Å². The summed E-state index contributed by atoms with van der Waals surface area (Å²) in [6, 6.07) is 7.03. The molecule has 2 saturated heterocycles. The first-order chi connectivity index (χ1) is 19.0. The van der Waals surface area contributed by atoms with Crippen LogP contribution < -0.4 is 0 Å². The molecule has 0 N–H and O–H groups in total. The van der Waals surface area contributed by atoms with Crippen molar-refractivity contribution in [3.8, 4) is 0 Å². The second kappa shape index (κ2) is 10.9. The average Bonchev–Trinajstić information content (AvgIpc) is 3.33. The molecule has 0 radical (unpaired) electrons. The second-order valence-corrected chi connectivity index (χ2v) is 14.1. The van der Waals surface area contributed by atoms with Crippen molar-refractivity contribution in [2.75, 3.05) is 32.7 Å². The maximum absolute atomic E-state index is 14.7. The summed E-state index contributed by atoms with van der Waals surface area (Å²) < 4.78 is 14.7. The number of rotatable bonds is 6. The van der Waals surface area contributed by atoms with Crippen LogP contribution in [-0.2, 0) is 11.3 Å². The lowest BCUT2D eigenvalue weighted by Crippen LogP contribution is -2.61. The fourth-order valence-electron chi connectivity index (χ4n) is 8.70. The van der Waals surface area contributed by atoms with Crippen LogP contribution in [0.2, 0.25) is 5.02 Å². The summed E-state index contributed by atoms with van der Waals surface area (Å²) in [5.74, 6) is 3.56. The van der Waals surface area contributed by atoms with E-state index in [-0.39, 0.29) is 23.0 Å². The zero-order valence-electron chi connectivity index (χ0n) is 22.3. The molecule has 1 aromatic heterocycles. The van der Waals surface area contributed by atoms with E-state index in [1.165, 1.54) is 38.2 Å². The van der Waals surface area contributed by atoms with E-state index in [4.69, 9.17) is 11.6 Å². The number of hydrogen-bond acceptors (Lipinski definition) is 6. The van der Waals surface area contributed by atoms with Crippen LogP contribution in [0.25, 0.3) is 0 Å². The Morgan fingerprint density at radius 3 is 2.31 bits per heavy atom. The van der Waals surface area contributed by atoms with Crippen molar-refractivity contribution in [3.05, 3.63) is 53.1 Å². The zero-order valence-corrected chi connectivity index (χ0v) is 23.9. The minimum Gasteiger partial charge on any atom is -0.339 e. The Hall–Kier alpha value is -1.74. The van der Waals surface area contributed by atoms with E-state index < -0.39 is 0 Å². The van der Waals surface area contributed by atoms with Gasteiger partial charge in [-0.1, -0.05) is 29.4 Å². The predicted octanol–water partition coefficient (Wildman–Crippen LogP) is 4.97. The summed E-state index contributed by atoms with van der Waals surface area (Å²) in [5.41, 5.74) is 0.463. The number of thioether (sulfide) groups is 1. The summed E-state index contributed by atoms with van der Waals surface area (Å²) in [4.78, 5) is 29.7. The van der Waals surface area contributed by atoms with Crippen molar-refractivity contribution in [1.29, 1.82) is 0 Å². The van der Waals surface area contributed by atoms with Gasteiger partial charge in [0.1, 0.15) is 5.82 Å². The first kappa shape index (κ1) is 26.2. The largest absolute Gasteiger partial charge is 0.339 e. The van der Waals surface area contributed by atoms with E-state index in [1.54, 1.807) is 42.4 Å². The minimum absolute atomic E-state index is 0.154. The smallest absolute Gasteiger partial charge is 0.240 e. The number of halogens is 2. The number of piperazine rings is 1. The van der Waals surface area contributed by atoms with Crippen LogP contribution in [-0.4, -0.2) is 80.6 Å². The number of benzene rings is 1. The lowest BCUT2D eigenvalue weighted by atomic mass is 9.54. The second-order valence-electron chi connectivity index (χ2n) is 12.4. The maximum atomic E-state index is 14.7. The monoisotopic (exact) mass is 569 g/mol. The zero-order chi connectivity index (χ0) is 26.5. The van der Waals surface area contributed by atoms with Crippen molar-refractivity contribution in [2.24, 2.45) is 23.7 Å². The number of hydrogen-bond donors (Lipinski definition) is 0. The Balaban J connectivity index is 1.04. The van der Waals surface area contributed by atoms with Gasteiger partial charge < -0.3 is 4.90 Å². The number of nitrogens with zero attached hydrogens (tertiary/aromatic N) is 5. The molecule has 3 heterocycles. The van der Waals surface area contributed by atoms with E-state index >= 15 is 0 Å². The fourth-order valence-corrected chi connectivity index (χ4v) is 10.0. The standard InChI is InChI=1S/C30H37ClFN5OS/c31-25-3-1-4-26(32)24(25)18-37-17-23(39-30-33-5-2-6-34-30)16-27(37)29(38)36-9-7-35(8-10-36)28-21-12-19-11-20(14-21)15-22(28)13-19/h1-6,19-23,27-28H,7-18H2/t19?,20?,21?,22?,23-,27+,28?/m1/s1. The molecule has 1 amide bonds. The number of amides is 1. The van der Waals surface area contributed by atoms with Gasteiger partial charge >= 0.3 is 0 Å². The lowest BCUT2D eigenvalue weighted by Gasteiger charge is -2.58. The molecule has 2 atom stereocenters. The topological polar surface area (TPSA) is 52.6 Å². The number of carbonyl (C=O) groups excluding carboxylic acids is 1. The molecule has 1 aromatic carbocycles. The van der Waals surface area contributed by atoms with Crippen LogP contribution in [0, 0.1) is 29.5 Å². The van der Waals surface area contributed by atoms with Crippen LogP contribution >= 0.6 is 23.4 Å². The fraction of sp³-hybridized carbons (Fsp3) is 0.633. The van der Waals surface area contributed by atoms with Crippen LogP contribution in [0.15, 0.2) is 41.8 Å². The van der Waals surface area contributed by atoms with Gasteiger partial charge in [0.25, 0.3) is 0 Å². The quantitative estimate of drug-likeness (QED) is 0.458. The minimum atomic E-state index is -0.319. The summed E-state index contributed by atoms with van der Waals surface area (Å²) >= 11 is 8.00. The molecule has 2 aromatic rings. The molecule has 2 aliphatic heterocycles. The first-order valence-corrected chi connectivity index (χ1v) is 15.9. The van der Waals surface area contributed by atoms with E-state index in [0.717, 1.165) is 55.9 Å². The molecule has 0 unspecified atom stereocenters. The van der Waals surface area contributed by atoms with Gasteiger partial charge in [-0.05, 0) is 80.4 Å². The molecule has 6 nitrogen and oxygen atoms in total. The Kier molecular flexibility index (Phi) is 7.33. The molecule has 4 bridgehead atoms. The van der Waals surface area contributed by atoms with E-state index in [9.17, 15) is 9.18 Å². The molecule has 6 aliphatic rings. The van der Waals surface area contributed by atoms with Crippen LogP contribution in [0.4, 0.5) is 4.39 Å². The summed E-state index contributed by atoms with van der Waals surface area (Å²) in [5, 5.41) is 1.28. The molecule has 0 spiro atoms. The highest BCUT2D eigenvalue weighted by atomic mass is 35.5. The summed E-state index contributed by atoms with van der Waals surface area (Å²) in [6.45, 7) is 4.50. The molecular weight excluding hydrogens is 533 g/mol. The Labute approximate surface area is 239 Å². The molecule has 9 heteroatoms. The predicted molar refractivity (Wildman–Crippen MR) is 151 cm³/mol. The highest BCUT2D eigenvalue weighted by Gasteiger charge is 2.50. The Morgan fingerprint density at radius 2 is 1.64 bits per heavy atom. The summed E-state index contributed by atoms with van der Waals surface area (Å²) in [6.07, 6.45) is 11.4. The van der Waals surface area contributed by atoms with E-state index in [2.05, 4.69) is 24.7 Å². The molecule has 4 aliphatic carbocycles.